The lowest BCUT2D eigenvalue weighted by atomic mass is 9.98. The molecule has 1 aromatic heterocycles. The molecule has 0 bridgehead atoms. The third kappa shape index (κ3) is 3.28. The Kier molecular flexibility index (Phi) is 5.21. The second-order valence-electron chi connectivity index (χ2n) is 6.12. The Hall–Kier alpha value is -3.21. The number of methoxy groups -OCH3 is 4. The minimum Gasteiger partial charge on any atom is -0.493 e. The molecule has 0 saturated heterocycles. The summed E-state index contributed by atoms with van der Waals surface area (Å²) < 4.78 is 23.7. The van der Waals surface area contributed by atoms with E-state index in [4.69, 9.17) is 18.9 Å². The number of hydrogen-bond donors (Lipinski definition) is 0. The Balaban J connectivity index is 2.21. The maximum Gasteiger partial charge on any atom is 0.220 e. The van der Waals surface area contributed by atoms with E-state index >= 15 is 0 Å². The molecule has 0 aliphatic carbocycles. The Morgan fingerprint density at radius 3 is 2.00 bits per heavy atom. The maximum absolute atomic E-state index is 5.49. The van der Waals surface area contributed by atoms with Crippen LogP contribution in [0.2, 0.25) is 0 Å². The second kappa shape index (κ2) is 7.58. The molecule has 0 saturated carbocycles. The zero-order chi connectivity index (χ0) is 19.6. The monoisotopic (exact) mass is 366 g/mol. The first-order valence-electron chi connectivity index (χ1n) is 8.50. The van der Waals surface area contributed by atoms with Crippen LogP contribution in [0.5, 0.6) is 23.0 Å². The molecule has 0 amide bonds. The Bertz CT molecular complexity index is 1010. The highest BCUT2D eigenvalue weighted by Crippen LogP contribution is 2.37. The van der Waals surface area contributed by atoms with Crippen LogP contribution in [0.3, 0.4) is 0 Å². The molecule has 27 heavy (non-hydrogen) atoms. The molecule has 0 aliphatic heterocycles. The summed E-state index contributed by atoms with van der Waals surface area (Å²) in [7, 11) is 8.51. The summed E-state index contributed by atoms with van der Waals surface area (Å²) in [5.41, 5.74) is 2.81. The van der Waals surface area contributed by atoms with Crippen LogP contribution >= 0.6 is 0 Å². The van der Waals surface area contributed by atoms with Crippen molar-refractivity contribution in [1.82, 2.24) is 0 Å². The van der Waals surface area contributed by atoms with Gasteiger partial charge in [0.05, 0.1) is 33.8 Å². The van der Waals surface area contributed by atoms with Gasteiger partial charge in [-0.1, -0.05) is 12.6 Å². The lowest BCUT2D eigenvalue weighted by Crippen LogP contribution is -2.32. The largest absolute Gasteiger partial charge is 0.493 e. The van der Waals surface area contributed by atoms with Gasteiger partial charge in [-0.15, -0.1) is 0 Å². The zero-order valence-corrected chi connectivity index (χ0v) is 16.3. The van der Waals surface area contributed by atoms with Gasteiger partial charge in [-0.05, 0) is 35.2 Å². The third-order valence-electron chi connectivity index (χ3n) is 4.66. The van der Waals surface area contributed by atoms with Crippen LogP contribution in [0, 0.1) is 0 Å². The number of fused-ring (bicyclic) bond motifs is 1. The van der Waals surface area contributed by atoms with Gasteiger partial charge in [-0.3, -0.25) is 0 Å². The van der Waals surface area contributed by atoms with Crippen LogP contribution in [-0.4, -0.2) is 28.4 Å². The van der Waals surface area contributed by atoms with Crippen LogP contribution in [0.25, 0.3) is 16.3 Å². The van der Waals surface area contributed by atoms with Crippen molar-refractivity contribution < 1.29 is 23.5 Å². The lowest BCUT2D eigenvalue weighted by Gasteiger charge is -2.13. The van der Waals surface area contributed by atoms with Crippen molar-refractivity contribution in [3.05, 3.63) is 60.4 Å². The minimum absolute atomic E-state index is 0.665. The van der Waals surface area contributed by atoms with E-state index in [-0.39, 0.29) is 0 Å². The number of ether oxygens (including phenoxy) is 4. The number of nitrogens with zero attached hydrogens (tertiary/aromatic N) is 1. The predicted octanol–water partition coefficient (Wildman–Crippen LogP) is 3.76. The van der Waals surface area contributed by atoms with Gasteiger partial charge in [-0.25, -0.2) is 4.57 Å². The van der Waals surface area contributed by atoms with E-state index in [2.05, 4.69) is 6.58 Å². The molecule has 0 N–H and O–H groups in total. The molecule has 0 atom stereocenters. The van der Waals surface area contributed by atoms with Crippen LogP contribution in [0.15, 0.2) is 49.2 Å². The molecule has 140 valence electrons. The standard InChI is InChI=1S/C22H24NO4/c1-14(15-7-8-18(24-3)19(11-15)25-4)22-17-13-21(27-6)20(26-5)12-16(17)9-10-23(22)2/h7-13H,1H2,2-6H3/q+1. The smallest absolute Gasteiger partial charge is 0.220 e. The molecule has 0 spiro atoms. The number of rotatable bonds is 6. The third-order valence-corrected chi connectivity index (χ3v) is 4.66. The lowest BCUT2D eigenvalue weighted by molar-refractivity contribution is -0.672. The number of aryl methyl sites for hydroxylation is 1. The van der Waals surface area contributed by atoms with Gasteiger partial charge in [0.1, 0.15) is 7.05 Å². The molecule has 0 aliphatic rings. The van der Waals surface area contributed by atoms with Crippen molar-refractivity contribution in [2.45, 2.75) is 0 Å². The average molecular weight is 366 g/mol. The van der Waals surface area contributed by atoms with E-state index in [0.717, 1.165) is 27.6 Å². The molecule has 0 unspecified atom stereocenters. The van der Waals surface area contributed by atoms with Crippen molar-refractivity contribution in [3.8, 4) is 23.0 Å². The van der Waals surface area contributed by atoms with Crippen molar-refractivity contribution in [1.29, 1.82) is 0 Å². The van der Waals surface area contributed by atoms with E-state index in [1.807, 2.05) is 54.2 Å². The molecule has 5 nitrogen and oxygen atoms in total. The van der Waals surface area contributed by atoms with Gasteiger partial charge >= 0.3 is 0 Å². The van der Waals surface area contributed by atoms with Gasteiger partial charge in [0, 0.05) is 11.6 Å². The van der Waals surface area contributed by atoms with E-state index in [1.54, 1.807) is 28.4 Å². The SMILES string of the molecule is C=C(c1ccc(OC)c(OC)c1)c1c2cc(OC)c(OC)cc2cc[n+]1C. The van der Waals surface area contributed by atoms with Crippen molar-refractivity contribution >= 4 is 16.3 Å². The summed E-state index contributed by atoms with van der Waals surface area (Å²) in [5, 5.41) is 2.07. The molecular formula is C22H24NO4+. The number of benzene rings is 2. The summed E-state index contributed by atoms with van der Waals surface area (Å²) in [4.78, 5) is 0. The molecule has 0 radical (unpaired) electrons. The second-order valence-corrected chi connectivity index (χ2v) is 6.12. The molecule has 0 fully saturated rings. The first kappa shape index (κ1) is 18.6. The van der Waals surface area contributed by atoms with E-state index in [1.165, 1.54) is 0 Å². The first-order chi connectivity index (χ1) is 13.0. The minimum atomic E-state index is 0.665. The Morgan fingerprint density at radius 2 is 1.37 bits per heavy atom. The molecule has 3 rings (SSSR count). The van der Waals surface area contributed by atoms with Crippen LogP contribution in [-0.2, 0) is 7.05 Å². The van der Waals surface area contributed by atoms with Gasteiger partial charge in [0.15, 0.2) is 29.2 Å². The molecular weight excluding hydrogens is 342 g/mol. The van der Waals surface area contributed by atoms with Gasteiger partial charge < -0.3 is 18.9 Å². The van der Waals surface area contributed by atoms with Gasteiger partial charge in [0.25, 0.3) is 0 Å². The number of aromatic nitrogens is 1. The van der Waals surface area contributed by atoms with Crippen LogP contribution in [0.4, 0.5) is 0 Å². The predicted molar refractivity (Wildman–Crippen MR) is 106 cm³/mol. The summed E-state index contributed by atoms with van der Waals surface area (Å²) in [6.07, 6.45) is 2.01. The maximum atomic E-state index is 5.49. The fraction of sp³-hybridized carbons (Fsp3) is 0.227. The van der Waals surface area contributed by atoms with Gasteiger partial charge in [-0.2, -0.15) is 0 Å². The normalized spacial score (nSPS) is 10.6. The summed E-state index contributed by atoms with van der Waals surface area (Å²) in [5.74, 6) is 2.72. The first-order valence-corrected chi connectivity index (χ1v) is 8.50. The highest BCUT2D eigenvalue weighted by Gasteiger charge is 2.20. The summed E-state index contributed by atoms with van der Waals surface area (Å²) in [6.45, 7) is 4.35. The zero-order valence-electron chi connectivity index (χ0n) is 16.3. The number of pyridine rings is 1. The molecule has 2 aromatic carbocycles. The van der Waals surface area contributed by atoms with Crippen molar-refractivity contribution in [3.63, 3.8) is 0 Å². The van der Waals surface area contributed by atoms with E-state index in [0.29, 0.717) is 23.0 Å². The fourth-order valence-electron chi connectivity index (χ4n) is 3.23. The van der Waals surface area contributed by atoms with E-state index in [9.17, 15) is 0 Å². The van der Waals surface area contributed by atoms with Gasteiger partial charge in [0.2, 0.25) is 5.69 Å². The fourth-order valence-corrected chi connectivity index (χ4v) is 3.23. The molecule has 1 heterocycles. The summed E-state index contributed by atoms with van der Waals surface area (Å²) in [6, 6.07) is 11.8. The Labute approximate surface area is 159 Å². The molecule has 3 aromatic rings. The average Bonchev–Trinajstić information content (AvgIpc) is 2.71. The van der Waals surface area contributed by atoms with Crippen LogP contribution in [0.1, 0.15) is 11.3 Å². The summed E-state index contributed by atoms with van der Waals surface area (Å²) >= 11 is 0. The van der Waals surface area contributed by atoms with E-state index < -0.39 is 0 Å². The topological polar surface area (TPSA) is 40.8 Å². The Morgan fingerprint density at radius 1 is 0.778 bits per heavy atom. The highest BCUT2D eigenvalue weighted by atomic mass is 16.5. The van der Waals surface area contributed by atoms with Crippen molar-refractivity contribution in [2.24, 2.45) is 7.05 Å². The van der Waals surface area contributed by atoms with Crippen LogP contribution < -0.4 is 23.5 Å². The van der Waals surface area contributed by atoms with Crippen molar-refractivity contribution in [2.75, 3.05) is 28.4 Å². The number of hydrogen-bond acceptors (Lipinski definition) is 4. The highest BCUT2D eigenvalue weighted by molar-refractivity contribution is 5.96. The molecule has 5 heteroatoms. The quantitative estimate of drug-likeness (QED) is 0.623.